The lowest BCUT2D eigenvalue weighted by Crippen LogP contribution is -2.40. The van der Waals surface area contributed by atoms with Crippen molar-refractivity contribution in [3.05, 3.63) is 76.7 Å². The quantitative estimate of drug-likeness (QED) is 0.373. The number of anilines is 2. The molecule has 9 heteroatoms. The van der Waals surface area contributed by atoms with Crippen LogP contribution in [0.15, 0.2) is 60.7 Å². The normalized spacial score (nSPS) is 14.2. The van der Waals surface area contributed by atoms with Gasteiger partial charge in [-0.15, -0.1) is 11.3 Å². The lowest BCUT2D eigenvalue weighted by Gasteiger charge is -2.29. The molecule has 5 rings (SSSR count). The lowest BCUT2D eigenvalue weighted by atomic mass is 9.94. The van der Waals surface area contributed by atoms with Gasteiger partial charge < -0.3 is 20.3 Å². The number of rotatable bonds is 6. The molecular formula is C26H27N5O3S. The van der Waals surface area contributed by atoms with E-state index in [1.807, 2.05) is 62.4 Å². The van der Waals surface area contributed by atoms with Gasteiger partial charge in [0.2, 0.25) is 0 Å². The molecule has 2 aromatic carbocycles. The largest absolute Gasteiger partial charge is 0.378 e. The van der Waals surface area contributed by atoms with E-state index in [2.05, 4.69) is 25.7 Å². The minimum Gasteiger partial charge on any atom is -0.378 e. The lowest BCUT2D eigenvalue weighted by molar-refractivity contribution is 0.0915. The highest BCUT2D eigenvalue weighted by Crippen LogP contribution is 2.31. The predicted molar refractivity (Wildman–Crippen MR) is 138 cm³/mol. The maximum Gasteiger partial charge on any atom is 0.262 e. The van der Waals surface area contributed by atoms with Gasteiger partial charge in [0.05, 0.1) is 29.0 Å². The van der Waals surface area contributed by atoms with E-state index in [9.17, 15) is 9.59 Å². The molecule has 180 valence electrons. The second-order valence-corrected chi connectivity index (χ2v) is 10.0. The standard InChI is InChI=1S/C26H27N5O3S/c1-26(2,18-8-4-3-5-9-18)28-24(33)21-16-20-22(29-30-25(20)35-21)27-23(32)17-7-6-10-19(15-17)31-11-13-34-14-12-31/h3-10,15-16H,11-14H2,1-2H3,(H,28,33)(H2,27,29,30,32). The van der Waals surface area contributed by atoms with Crippen LogP contribution in [-0.4, -0.2) is 48.3 Å². The molecule has 1 fully saturated rings. The molecule has 1 saturated heterocycles. The summed E-state index contributed by atoms with van der Waals surface area (Å²) in [7, 11) is 0. The molecule has 0 unspecified atom stereocenters. The number of ether oxygens (including phenoxy) is 1. The van der Waals surface area contributed by atoms with Gasteiger partial charge in [-0.25, -0.2) is 0 Å². The van der Waals surface area contributed by atoms with Crippen molar-refractivity contribution in [2.75, 3.05) is 36.5 Å². The van der Waals surface area contributed by atoms with Gasteiger partial charge in [-0.05, 0) is 43.7 Å². The summed E-state index contributed by atoms with van der Waals surface area (Å²) in [5.41, 5.74) is 2.03. The minimum atomic E-state index is -0.533. The Bertz CT molecular complexity index is 1360. The van der Waals surface area contributed by atoms with Crippen LogP contribution in [0.4, 0.5) is 11.5 Å². The van der Waals surface area contributed by atoms with Crippen molar-refractivity contribution in [2.24, 2.45) is 0 Å². The van der Waals surface area contributed by atoms with Gasteiger partial charge in [0.1, 0.15) is 10.6 Å². The van der Waals surface area contributed by atoms with Crippen LogP contribution in [0.25, 0.3) is 10.2 Å². The second-order valence-electron chi connectivity index (χ2n) is 8.98. The molecule has 0 spiro atoms. The molecule has 3 heterocycles. The third kappa shape index (κ3) is 4.91. The average molecular weight is 490 g/mol. The Morgan fingerprint density at radius 3 is 2.57 bits per heavy atom. The Morgan fingerprint density at radius 1 is 1.03 bits per heavy atom. The third-order valence-corrected chi connectivity index (χ3v) is 7.15. The number of carbonyl (C=O) groups is 2. The van der Waals surface area contributed by atoms with E-state index in [0.29, 0.717) is 39.7 Å². The number of nitrogens with one attached hydrogen (secondary N) is 3. The number of fused-ring (bicyclic) bond motifs is 1. The maximum absolute atomic E-state index is 13.0. The van der Waals surface area contributed by atoms with Crippen LogP contribution in [0.5, 0.6) is 0 Å². The van der Waals surface area contributed by atoms with Crippen LogP contribution >= 0.6 is 11.3 Å². The molecule has 0 radical (unpaired) electrons. The van der Waals surface area contributed by atoms with Crippen LogP contribution in [-0.2, 0) is 10.3 Å². The Hall–Kier alpha value is -3.69. The molecule has 0 saturated carbocycles. The highest BCUT2D eigenvalue weighted by molar-refractivity contribution is 7.20. The topological polar surface area (TPSA) is 99.4 Å². The van der Waals surface area contributed by atoms with E-state index in [-0.39, 0.29) is 11.8 Å². The average Bonchev–Trinajstić information content (AvgIpc) is 3.47. The number of thiophene rings is 1. The molecule has 0 atom stereocenters. The van der Waals surface area contributed by atoms with Gasteiger partial charge in [-0.1, -0.05) is 36.4 Å². The fourth-order valence-electron chi connectivity index (χ4n) is 4.14. The van der Waals surface area contributed by atoms with E-state index in [1.165, 1.54) is 11.3 Å². The van der Waals surface area contributed by atoms with E-state index >= 15 is 0 Å². The zero-order valence-corrected chi connectivity index (χ0v) is 20.4. The van der Waals surface area contributed by atoms with Crippen molar-refractivity contribution >= 4 is 44.9 Å². The number of nitrogens with zero attached hydrogens (tertiary/aromatic N) is 2. The summed E-state index contributed by atoms with van der Waals surface area (Å²) >= 11 is 1.28. The van der Waals surface area contributed by atoms with Gasteiger partial charge in [0, 0.05) is 24.3 Å². The van der Waals surface area contributed by atoms with Gasteiger partial charge in [-0.2, -0.15) is 5.10 Å². The van der Waals surface area contributed by atoms with Crippen molar-refractivity contribution in [3.63, 3.8) is 0 Å². The Kier molecular flexibility index (Phi) is 6.27. The van der Waals surface area contributed by atoms with Crippen LogP contribution in [0, 0.1) is 0 Å². The Morgan fingerprint density at radius 2 is 1.80 bits per heavy atom. The summed E-state index contributed by atoms with van der Waals surface area (Å²) in [6.45, 7) is 6.89. The fraction of sp³-hybridized carbons (Fsp3) is 0.269. The van der Waals surface area contributed by atoms with Crippen molar-refractivity contribution in [1.29, 1.82) is 0 Å². The highest BCUT2D eigenvalue weighted by atomic mass is 32.1. The van der Waals surface area contributed by atoms with Gasteiger partial charge in [-0.3, -0.25) is 14.7 Å². The summed E-state index contributed by atoms with van der Waals surface area (Å²) in [4.78, 5) is 29.4. The first-order chi connectivity index (χ1) is 16.9. The number of morpholine rings is 1. The highest BCUT2D eigenvalue weighted by Gasteiger charge is 2.25. The van der Waals surface area contributed by atoms with Gasteiger partial charge >= 0.3 is 0 Å². The first-order valence-corrected chi connectivity index (χ1v) is 12.3. The van der Waals surface area contributed by atoms with Crippen LogP contribution in [0.3, 0.4) is 0 Å². The Labute approximate surface area is 207 Å². The smallest absolute Gasteiger partial charge is 0.262 e. The van der Waals surface area contributed by atoms with Crippen molar-refractivity contribution in [2.45, 2.75) is 19.4 Å². The predicted octanol–water partition coefficient (Wildman–Crippen LogP) is 4.38. The number of H-pyrrole nitrogens is 1. The molecule has 3 N–H and O–H groups in total. The van der Waals surface area contributed by atoms with Crippen molar-refractivity contribution < 1.29 is 14.3 Å². The maximum atomic E-state index is 13.0. The zero-order valence-electron chi connectivity index (χ0n) is 19.6. The summed E-state index contributed by atoms with van der Waals surface area (Å²) in [5.74, 6) is 0.0461. The minimum absolute atomic E-state index is 0.183. The molecule has 2 aromatic heterocycles. The third-order valence-electron chi connectivity index (χ3n) is 6.12. The van der Waals surface area contributed by atoms with E-state index < -0.39 is 5.54 Å². The molecular weight excluding hydrogens is 462 g/mol. The van der Waals surface area contributed by atoms with Crippen molar-refractivity contribution in [1.82, 2.24) is 15.5 Å². The van der Waals surface area contributed by atoms with Crippen LogP contribution in [0.2, 0.25) is 0 Å². The van der Waals surface area contributed by atoms with E-state index in [0.717, 1.165) is 24.3 Å². The van der Waals surface area contributed by atoms with Crippen LogP contribution in [0.1, 0.15) is 39.4 Å². The van der Waals surface area contributed by atoms with Crippen molar-refractivity contribution in [3.8, 4) is 0 Å². The SMILES string of the molecule is CC(C)(NC(=O)c1cc2c(NC(=O)c3cccc(N4CCOCC4)c3)[nH]nc2s1)c1ccccc1. The number of aromatic amines is 1. The number of hydrogen-bond donors (Lipinski definition) is 3. The summed E-state index contributed by atoms with van der Waals surface area (Å²) in [6, 6.07) is 19.1. The van der Waals surface area contributed by atoms with Gasteiger partial charge in [0.15, 0.2) is 0 Å². The van der Waals surface area contributed by atoms with E-state index in [4.69, 9.17) is 4.74 Å². The molecule has 0 aliphatic carbocycles. The molecule has 35 heavy (non-hydrogen) atoms. The van der Waals surface area contributed by atoms with Crippen LogP contribution < -0.4 is 15.5 Å². The monoisotopic (exact) mass is 489 g/mol. The molecule has 8 nitrogen and oxygen atoms in total. The molecule has 1 aliphatic rings. The number of aromatic nitrogens is 2. The zero-order chi connectivity index (χ0) is 24.4. The first kappa shape index (κ1) is 23.1. The van der Waals surface area contributed by atoms with E-state index in [1.54, 1.807) is 12.1 Å². The number of carbonyl (C=O) groups excluding carboxylic acids is 2. The first-order valence-electron chi connectivity index (χ1n) is 11.5. The number of benzene rings is 2. The molecule has 2 amide bonds. The number of amides is 2. The Balaban J connectivity index is 1.31. The molecule has 0 bridgehead atoms. The summed E-state index contributed by atoms with van der Waals surface area (Å²) < 4.78 is 5.42. The second kappa shape index (κ2) is 9.52. The number of hydrogen-bond acceptors (Lipinski definition) is 6. The molecule has 4 aromatic rings. The fourth-order valence-corrected chi connectivity index (χ4v) is 5.03. The van der Waals surface area contributed by atoms with Gasteiger partial charge in [0.25, 0.3) is 11.8 Å². The molecule has 1 aliphatic heterocycles. The summed E-state index contributed by atoms with van der Waals surface area (Å²) in [6.07, 6.45) is 0. The summed E-state index contributed by atoms with van der Waals surface area (Å²) in [5, 5.41) is 13.9.